The number of fused-ring (bicyclic) bond motifs is 5. The van der Waals surface area contributed by atoms with Gasteiger partial charge < -0.3 is 29.9 Å². The monoisotopic (exact) mass is 562 g/mol. The first-order chi connectivity index (χ1) is 18.5. The van der Waals surface area contributed by atoms with Crippen molar-refractivity contribution in [1.29, 1.82) is 0 Å². The molecule has 4 N–H and O–H groups in total. The van der Waals surface area contributed by atoms with Crippen LogP contribution < -0.4 is 0 Å². The van der Waals surface area contributed by atoms with E-state index in [0.29, 0.717) is 31.3 Å². The summed E-state index contributed by atoms with van der Waals surface area (Å²) in [5, 5.41) is 45.6. The van der Waals surface area contributed by atoms with Crippen LogP contribution in [0.2, 0.25) is 0 Å². The minimum atomic E-state index is -1.53. The largest absolute Gasteiger partial charge is 0.462 e. The Bertz CT molecular complexity index is 1110. The maximum Gasteiger partial charge on any atom is 0.309 e. The number of allylic oxidation sites excluding steroid dienone is 1. The molecule has 0 aromatic carbocycles. The quantitative estimate of drug-likeness (QED) is 0.371. The second-order valence-electron chi connectivity index (χ2n) is 14.2. The number of cyclic esters (lactones) is 1. The molecule has 40 heavy (non-hydrogen) atoms. The van der Waals surface area contributed by atoms with Crippen LogP contribution in [-0.2, 0) is 23.9 Å². The van der Waals surface area contributed by atoms with Gasteiger partial charge in [-0.1, -0.05) is 20.8 Å². The first-order valence-corrected chi connectivity index (χ1v) is 14.9. The first-order valence-electron chi connectivity index (χ1n) is 14.9. The van der Waals surface area contributed by atoms with Crippen molar-refractivity contribution in [3.05, 3.63) is 11.6 Å². The van der Waals surface area contributed by atoms with Crippen molar-refractivity contribution in [3.8, 4) is 0 Å². The Morgan fingerprint density at radius 2 is 1.82 bits per heavy atom. The lowest BCUT2D eigenvalue weighted by molar-refractivity contribution is -0.194. The zero-order chi connectivity index (χ0) is 29.6. The van der Waals surface area contributed by atoms with Gasteiger partial charge in [-0.25, -0.2) is 0 Å². The van der Waals surface area contributed by atoms with Gasteiger partial charge in [-0.15, -0.1) is 0 Å². The lowest BCUT2D eigenvalue weighted by Gasteiger charge is -2.60. The number of carbonyl (C=O) groups excluding carboxylic acids is 3. The molecular weight excluding hydrogens is 516 g/mol. The van der Waals surface area contributed by atoms with Crippen molar-refractivity contribution in [2.24, 2.45) is 40.4 Å². The highest BCUT2D eigenvalue weighted by Gasteiger charge is 2.69. The number of aliphatic hydroxyl groups excluding tert-OH is 2. The maximum absolute atomic E-state index is 13.4. The third-order valence-corrected chi connectivity index (χ3v) is 12.2. The van der Waals surface area contributed by atoms with E-state index in [4.69, 9.17) is 9.47 Å². The first kappa shape index (κ1) is 29.7. The normalized spacial score (nSPS) is 48.7. The Labute approximate surface area is 236 Å². The zero-order valence-corrected chi connectivity index (χ0v) is 24.6. The number of hydrogen-bond donors (Lipinski definition) is 4. The molecule has 9 nitrogen and oxygen atoms in total. The molecule has 1 aliphatic heterocycles. The van der Waals surface area contributed by atoms with Gasteiger partial charge in [0, 0.05) is 24.2 Å². The molecule has 0 aromatic heterocycles. The molecule has 0 amide bonds. The minimum absolute atomic E-state index is 0.126. The van der Waals surface area contributed by atoms with E-state index in [-0.39, 0.29) is 49.0 Å². The summed E-state index contributed by atoms with van der Waals surface area (Å²) in [4.78, 5) is 37.9. The fourth-order valence-electron chi connectivity index (χ4n) is 9.74. The number of rotatable bonds is 5. The highest BCUT2D eigenvalue weighted by atomic mass is 16.6. The summed E-state index contributed by atoms with van der Waals surface area (Å²) in [5.74, 6) is -2.61. The number of ether oxygens (including phenoxy) is 2. The van der Waals surface area contributed by atoms with Crippen LogP contribution in [0, 0.1) is 40.4 Å². The van der Waals surface area contributed by atoms with Gasteiger partial charge in [-0.3, -0.25) is 14.4 Å². The molecular formula is C31H46O9. The van der Waals surface area contributed by atoms with Gasteiger partial charge in [0.1, 0.15) is 17.8 Å². The highest BCUT2D eigenvalue weighted by Crippen LogP contribution is 2.68. The van der Waals surface area contributed by atoms with Gasteiger partial charge in [-0.05, 0) is 87.7 Å². The van der Waals surface area contributed by atoms with Gasteiger partial charge in [0.05, 0.1) is 23.7 Å². The predicted octanol–water partition coefficient (Wildman–Crippen LogP) is 2.46. The second kappa shape index (κ2) is 9.61. The average Bonchev–Trinajstić information content (AvgIpc) is 3.27. The SMILES string of the molecule is CC(=O)OC(CC1C(C)OC(=O)C1C)[C@](C)(O)C1CC[C@@]2(O)C3=CC(=O)C4C[C@@H](O)[C@@H](O)C[C@]4(C)C3CC[C@]12C. The van der Waals surface area contributed by atoms with E-state index in [1.165, 1.54) is 6.92 Å². The van der Waals surface area contributed by atoms with Crippen LogP contribution in [0.4, 0.5) is 0 Å². The molecule has 4 aliphatic carbocycles. The number of carbonyl (C=O) groups is 3. The Morgan fingerprint density at radius 3 is 2.42 bits per heavy atom. The summed E-state index contributed by atoms with van der Waals surface area (Å²) in [6.07, 6.45) is 1.21. The highest BCUT2D eigenvalue weighted by molar-refractivity contribution is 5.95. The lowest BCUT2D eigenvalue weighted by atomic mass is 9.45. The Hall–Kier alpha value is -1.81. The minimum Gasteiger partial charge on any atom is -0.462 e. The number of hydrogen-bond acceptors (Lipinski definition) is 9. The number of esters is 2. The fraction of sp³-hybridized carbons (Fsp3) is 0.839. The molecule has 1 heterocycles. The lowest BCUT2D eigenvalue weighted by Crippen LogP contribution is -2.63. The Kier molecular flexibility index (Phi) is 7.13. The van der Waals surface area contributed by atoms with Crippen LogP contribution in [0.25, 0.3) is 0 Å². The summed E-state index contributed by atoms with van der Waals surface area (Å²) in [7, 11) is 0. The molecule has 7 unspecified atom stereocenters. The summed E-state index contributed by atoms with van der Waals surface area (Å²) in [6.45, 7) is 10.5. The molecule has 0 radical (unpaired) electrons. The van der Waals surface area contributed by atoms with E-state index in [9.17, 15) is 34.8 Å². The molecule has 5 rings (SSSR count). The van der Waals surface area contributed by atoms with Crippen molar-refractivity contribution in [3.63, 3.8) is 0 Å². The van der Waals surface area contributed by atoms with E-state index in [0.717, 1.165) is 0 Å². The van der Waals surface area contributed by atoms with Crippen LogP contribution >= 0.6 is 0 Å². The van der Waals surface area contributed by atoms with E-state index in [1.54, 1.807) is 19.9 Å². The molecule has 1 saturated heterocycles. The fourth-order valence-corrected chi connectivity index (χ4v) is 9.74. The van der Waals surface area contributed by atoms with Crippen LogP contribution in [0.3, 0.4) is 0 Å². The standard InChI is InChI=1S/C31H46O9/c1-15-18(16(2)39-27(15)36)11-26(40-17(3)32)30(6,37)25-8-10-31(38)20-12-22(33)21-13-23(34)24(35)14-28(21,4)19(20)7-9-29(25,31)5/h12,15-16,18-19,21,23-26,34-35,37-38H,7-11,13-14H2,1-6H3/t15?,16?,18?,19?,21?,23-,24+,25?,26?,28-,29-,30-,31-/m1/s1. The second-order valence-corrected chi connectivity index (χ2v) is 14.2. The maximum atomic E-state index is 13.4. The van der Waals surface area contributed by atoms with E-state index in [1.807, 2.05) is 20.8 Å². The molecule has 5 aliphatic rings. The third-order valence-electron chi connectivity index (χ3n) is 12.2. The van der Waals surface area contributed by atoms with Gasteiger partial charge >= 0.3 is 11.9 Å². The molecule has 0 aromatic rings. The smallest absolute Gasteiger partial charge is 0.309 e. The van der Waals surface area contributed by atoms with Crippen molar-refractivity contribution in [2.75, 3.05) is 0 Å². The van der Waals surface area contributed by atoms with Crippen molar-refractivity contribution < 1.29 is 44.3 Å². The van der Waals surface area contributed by atoms with Gasteiger partial charge in [0.25, 0.3) is 0 Å². The summed E-state index contributed by atoms with van der Waals surface area (Å²) in [6, 6.07) is 0. The predicted molar refractivity (Wildman–Crippen MR) is 143 cm³/mol. The van der Waals surface area contributed by atoms with Crippen molar-refractivity contribution >= 4 is 17.7 Å². The van der Waals surface area contributed by atoms with Crippen LogP contribution in [0.1, 0.15) is 86.5 Å². The Morgan fingerprint density at radius 1 is 1.15 bits per heavy atom. The molecule has 13 atom stereocenters. The van der Waals surface area contributed by atoms with Crippen molar-refractivity contribution in [1.82, 2.24) is 0 Å². The summed E-state index contributed by atoms with van der Waals surface area (Å²) < 4.78 is 11.2. The van der Waals surface area contributed by atoms with Gasteiger partial charge in [0.15, 0.2) is 5.78 Å². The number of aliphatic hydroxyl groups is 4. The summed E-state index contributed by atoms with van der Waals surface area (Å²) in [5.41, 5.74) is -3.61. The third kappa shape index (κ3) is 4.13. The van der Waals surface area contributed by atoms with E-state index in [2.05, 4.69) is 0 Å². The molecule has 224 valence electrons. The summed E-state index contributed by atoms with van der Waals surface area (Å²) >= 11 is 0. The van der Waals surface area contributed by atoms with Crippen molar-refractivity contribution in [2.45, 2.75) is 122 Å². The molecule has 9 heteroatoms. The van der Waals surface area contributed by atoms with Gasteiger partial charge in [-0.2, -0.15) is 0 Å². The van der Waals surface area contributed by atoms with Crippen LogP contribution in [0.5, 0.6) is 0 Å². The van der Waals surface area contributed by atoms with E-state index >= 15 is 0 Å². The topological polar surface area (TPSA) is 151 Å². The Balaban J connectivity index is 1.48. The zero-order valence-electron chi connectivity index (χ0n) is 24.6. The molecule has 0 bridgehead atoms. The molecule has 4 fully saturated rings. The molecule has 0 spiro atoms. The van der Waals surface area contributed by atoms with Gasteiger partial charge in [0.2, 0.25) is 0 Å². The number of ketones is 1. The van der Waals surface area contributed by atoms with Crippen LogP contribution in [0.15, 0.2) is 11.6 Å². The molecule has 3 saturated carbocycles. The average molecular weight is 563 g/mol. The van der Waals surface area contributed by atoms with Crippen LogP contribution in [-0.4, -0.2) is 73.8 Å². The van der Waals surface area contributed by atoms with E-state index < -0.39 is 64.1 Å².